The second-order valence-electron chi connectivity index (χ2n) is 8.85. The van der Waals surface area contributed by atoms with Crippen LogP contribution >= 0.6 is 8.25 Å². The van der Waals surface area contributed by atoms with Crippen molar-refractivity contribution in [2.45, 2.75) is 110 Å². The third kappa shape index (κ3) is 13.2. The Morgan fingerprint density at radius 1 is 0.914 bits per heavy atom. The van der Waals surface area contributed by atoms with Crippen molar-refractivity contribution in [1.82, 2.24) is 25.7 Å². The highest BCUT2D eigenvalue weighted by Crippen LogP contribution is 2.24. The molecule has 0 aliphatic carbocycles. The molecule has 2 aromatic heterocycles. The van der Waals surface area contributed by atoms with Crippen LogP contribution in [0.2, 0.25) is 0 Å². The molecule has 0 amide bonds. The molecule has 0 aliphatic rings. The summed E-state index contributed by atoms with van der Waals surface area (Å²) >= 11 is 0. The molecule has 10 nitrogen and oxygen atoms in total. The molecule has 0 saturated heterocycles. The van der Waals surface area contributed by atoms with Crippen LogP contribution in [-0.4, -0.2) is 39.0 Å². The van der Waals surface area contributed by atoms with E-state index >= 15 is 0 Å². The van der Waals surface area contributed by atoms with Gasteiger partial charge in [0.15, 0.2) is 11.5 Å². The van der Waals surface area contributed by atoms with Gasteiger partial charge in [-0.1, -0.05) is 88.5 Å². The van der Waals surface area contributed by atoms with Gasteiger partial charge in [0.2, 0.25) is 6.79 Å². The van der Waals surface area contributed by atoms with E-state index in [1.165, 1.54) is 77.0 Å². The Kier molecular flexibility index (Phi) is 17.4. The van der Waals surface area contributed by atoms with Crippen LogP contribution in [-0.2, 0) is 24.9 Å². The topological polar surface area (TPSA) is 149 Å². The first kappa shape index (κ1) is 31.3. The van der Waals surface area contributed by atoms with Crippen LogP contribution in [0.15, 0.2) is 12.7 Å². The molecule has 0 aliphatic heterocycles. The van der Waals surface area contributed by atoms with Crippen LogP contribution in [0.5, 0.6) is 0 Å². The lowest BCUT2D eigenvalue weighted by Crippen LogP contribution is -2.17. The predicted octanol–water partition coefficient (Wildman–Crippen LogP) is 6.71. The summed E-state index contributed by atoms with van der Waals surface area (Å²) in [5.74, 6) is 0.346. The summed E-state index contributed by atoms with van der Waals surface area (Å²) in [4.78, 5) is 12.4. The number of ether oxygens (including phenoxy) is 1. The third-order valence-corrected chi connectivity index (χ3v) is 6.55. The van der Waals surface area contributed by atoms with Crippen LogP contribution in [0, 0.1) is 0 Å². The lowest BCUT2D eigenvalue weighted by atomic mass is 10.0. The van der Waals surface area contributed by atoms with Crippen molar-refractivity contribution in [2.75, 3.05) is 19.1 Å². The van der Waals surface area contributed by atoms with Crippen molar-refractivity contribution in [1.29, 1.82) is 0 Å². The van der Waals surface area contributed by atoms with Crippen LogP contribution in [0.3, 0.4) is 0 Å². The summed E-state index contributed by atoms with van der Waals surface area (Å²) in [6.07, 6.45) is 19.7. The van der Waals surface area contributed by atoms with E-state index in [1.54, 1.807) is 6.33 Å². The molecule has 35 heavy (non-hydrogen) atoms. The number of aromatic nitrogens is 4. The number of hydrogen-bond acceptors (Lipinski definition) is 9. The number of nitrogens with zero attached hydrogens (tertiary/aromatic N) is 4. The molecule has 0 spiro atoms. The average molecular weight is 514 g/mol. The quantitative estimate of drug-likeness (QED) is 0.105. The first-order valence-electron chi connectivity index (χ1n) is 12.9. The molecule has 11 heteroatoms. The fraction of sp³-hybridized carbons (Fsp3) is 0.792. The summed E-state index contributed by atoms with van der Waals surface area (Å²) < 4.78 is 29.7. The molecule has 2 rings (SSSR count). The van der Waals surface area contributed by atoms with Gasteiger partial charge in [0.1, 0.15) is 18.5 Å². The zero-order chi connectivity index (χ0) is 24.4. The molecule has 0 aromatic carbocycles. The van der Waals surface area contributed by atoms with E-state index in [0.717, 1.165) is 12.8 Å². The summed E-state index contributed by atoms with van der Waals surface area (Å²) in [5, 5.41) is 0. The minimum atomic E-state index is -2.17. The van der Waals surface area contributed by atoms with E-state index in [4.69, 9.17) is 19.5 Å². The number of nitrogen functional groups attached to an aromatic ring is 1. The van der Waals surface area contributed by atoms with Crippen molar-refractivity contribution in [3.8, 4) is 0 Å². The Balaban J connectivity index is 0.00000612. The van der Waals surface area contributed by atoms with Gasteiger partial charge >= 0.3 is 8.25 Å². The molecule has 2 heterocycles. The fourth-order valence-electron chi connectivity index (χ4n) is 3.85. The zero-order valence-electron chi connectivity index (χ0n) is 21.7. The largest absolute Gasteiger partial charge is 0.699 e. The Morgan fingerprint density at radius 3 is 2.14 bits per heavy atom. The normalized spacial score (nSPS) is 12.6. The summed E-state index contributed by atoms with van der Waals surface area (Å²) in [6.45, 7) is 5.01. The molecule has 0 saturated carbocycles. The minimum absolute atomic E-state index is 0. The summed E-state index contributed by atoms with van der Waals surface area (Å²) in [5.41, 5.74) is 7.02. The van der Waals surface area contributed by atoms with Gasteiger partial charge in [0, 0.05) is 4.57 Å². The highest BCUT2D eigenvalue weighted by molar-refractivity contribution is 7.33. The highest BCUT2D eigenvalue weighted by Gasteiger charge is 2.21. The Bertz CT molecular complexity index is 822. The Hall–Kier alpha value is -1.71. The average Bonchev–Trinajstić information content (AvgIpc) is 3.23. The number of imidazole rings is 1. The zero-order valence-corrected chi connectivity index (χ0v) is 22.6. The fourth-order valence-corrected chi connectivity index (χ4v) is 4.35. The standard InChI is InChI=1S/C24H43N5O4P.H3N/c1-3-4-5-6-7-8-9-10-11-12-13-14-15-16-32-34(30)33-20-31-21(2)17-29-19-28-22-23(25)26-18-27-24(22)29;/h18-19,21H,3-17,20H2,1-2H3,(H2,25,26,27);1H3/q+1;/t21-;/m1./s1. The van der Waals surface area contributed by atoms with E-state index in [0.29, 0.717) is 30.1 Å². The van der Waals surface area contributed by atoms with Gasteiger partial charge in [-0.15, -0.1) is 4.52 Å². The summed E-state index contributed by atoms with van der Waals surface area (Å²) in [7, 11) is -2.17. The van der Waals surface area contributed by atoms with Crippen LogP contribution in [0.25, 0.3) is 11.2 Å². The van der Waals surface area contributed by atoms with Gasteiger partial charge in [-0.25, -0.2) is 15.0 Å². The number of unbranched alkanes of at least 4 members (excludes halogenated alkanes) is 12. The molecule has 1 unspecified atom stereocenters. The van der Waals surface area contributed by atoms with Crippen molar-refractivity contribution < 1.29 is 18.3 Å². The van der Waals surface area contributed by atoms with Crippen LogP contribution in [0.4, 0.5) is 5.82 Å². The van der Waals surface area contributed by atoms with Crippen molar-refractivity contribution in [3.05, 3.63) is 12.7 Å². The first-order valence-corrected chi connectivity index (χ1v) is 14.0. The van der Waals surface area contributed by atoms with Gasteiger partial charge in [-0.3, -0.25) is 0 Å². The van der Waals surface area contributed by atoms with Gasteiger partial charge in [0.25, 0.3) is 0 Å². The van der Waals surface area contributed by atoms with E-state index in [2.05, 4.69) is 21.9 Å². The molecule has 2 atom stereocenters. The molecule has 0 fully saturated rings. The minimum Gasteiger partial charge on any atom is -0.382 e. The molecular weight excluding hydrogens is 467 g/mol. The molecule has 2 aromatic rings. The SMILES string of the molecule is CCCCCCCCCCCCCCCO[P+](=O)OCO[C@H](C)Cn1cnc2c(N)ncnc21.N. The number of rotatable bonds is 21. The van der Waals surface area contributed by atoms with Crippen molar-refractivity contribution >= 4 is 25.2 Å². The molecule has 5 N–H and O–H groups in total. The van der Waals surface area contributed by atoms with E-state index < -0.39 is 8.25 Å². The van der Waals surface area contributed by atoms with Crippen molar-refractivity contribution in [3.63, 3.8) is 0 Å². The number of nitrogens with two attached hydrogens (primary N) is 1. The number of anilines is 1. The van der Waals surface area contributed by atoms with E-state index in [-0.39, 0.29) is 19.0 Å². The van der Waals surface area contributed by atoms with Gasteiger partial charge in [0.05, 0.1) is 19.0 Å². The third-order valence-electron chi connectivity index (χ3n) is 5.84. The van der Waals surface area contributed by atoms with Gasteiger partial charge in [-0.2, -0.15) is 0 Å². The predicted molar refractivity (Wildman–Crippen MR) is 141 cm³/mol. The maximum Gasteiger partial charge on any atom is 0.699 e. The van der Waals surface area contributed by atoms with Crippen molar-refractivity contribution in [2.24, 2.45) is 0 Å². The number of hydrogen-bond donors (Lipinski definition) is 2. The summed E-state index contributed by atoms with van der Waals surface area (Å²) in [6, 6.07) is 0. The second-order valence-corrected chi connectivity index (χ2v) is 9.82. The second kappa shape index (κ2) is 19.5. The highest BCUT2D eigenvalue weighted by atomic mass is 31.1. The molecule has 0 radical (unpaired) electrons. The van der Waals surface area contributed by atoms with Gasteiger partial charge < -0.3 is 21.2 Å². The Morgan fingerprint density at radius 2 is 1.51 bits per heavy atom. The number of fused-ring (bicyclic) bond motifs is 1. The van der Waals surface area contributed by atoms with Gasteiger partial charge in [-0.05, 0) is 13.3 Å². The maximum absolute atomic E-state index is 11.9. The molecule has 200 valence electrons. The lowest BCUT2D eigenvalue weighted by Gasteiger charge is -2.11. The monoisotopic (exact) mass is 513 g/mol. The maximum atomic E-state index is 11.9. The Labute approximate surface area is 211 Å². The van der Waals surface area contributed by atoms with Crippen LogP contribution < -0.4 is 11.9 Å². The van der Waals surface area contributed by atoms with Crippen LogP contribution in [0.1, 0.15) is 97.3 Å². The smallest absolute Gasteiger partial charge is 0.382 e. The lowest BCUT2D eigenvalue weighted by molar-refractivity contribution is -0.0367. The van der Waals surface area contributed by atoms with E-state index in [9.17, 15) is 4.57 Å². The molecular formula is C24H46N6O4P+. The molecule has 0 bridgehead atoms. The van der Waals surface area contributed by atoms with E-state index in [1.807, 2.05) is 11.5 Å². The first-order chi connectivity index (χ1) is 16.6.